The van der Waals surface area contributed by atoms with Crippen LogP contribution in [0.3, 0.4) is 0 Å². The number of aryl methyl sites for hydroxylation is 1. The molecule has 3 amide bonds. The highest BCUT2D eigenvalue weighted by Gasteiger charge is 2.16. The zero-order valence-electron chi connectivity index (χ0n) is 25.8. The predicted molar refractivity (Wildman–Crippen MR) is 171 cm³/mol. The maximum Gasteiger partial charge on any atom is 0.325 e. The number of hydrogen-bond acceptors (Lipinski definition) is 8. The highest BCUT2D eigenvalue weighted by molar-refractivity contribution is 6.01. The van der Waals surface area contributed by atoms with Crippen LogP contribution in [0.4, 0.5) is 14.9 Å². The minimum Gasteiger partial charge on any atom is -0.493 e. The Morgan fingerprint density at radius 1 is 0.956 bits per heavy atom. The van der Waals surface area contributed by atoms with Crippen molar-refractivity contribution < 1.29 is 28.2 Å². The number of carbonyl (C=O) groups is 2. The van der Waals surface area contributed by atoms with Crippen LogP contribution in [0.15, 0.2) is 66.9 Å². The number of piperazine rings is 1. The number of benzene rings is 3. The van der Waals surface area contributed by atoms with E-state index in [9.17, 15) is 9.59 Å². The number of fused-ring (bicyclic) bond motifs is 1. The molecule has 1 aliphatic rings. The van der Waals surface area contributed by atoms with Gasteiger partial charge in [-0.2, -0.15) is 0 Å². The van der Waals surface area contributed by atoms with Crippen LogP contribution < -0.4 is 24.8 Å². The highest BCUT2D eigenvalue weighted by atomic mass is 19.1. The van der Waals surface area contributed by atoms with E-state index in [2.05, 4.69) is 32.5 Å². The minimum absolute atomic E-state index is 0.0471. The van der Waals surface area contributed by atoms with Gasteiger partial charge in [0, 0.05) is 62.1 Å². The van der Waals surface area contributed by atoms with E-state index in [0.29, 0.717) is 34.8 Å². The summed E-state index contributed by atoms with van der Waals surface area (Å²) in [5.41, 5.74) is 2.57. The monoisotopic (exact) mass is 615 g/mol. The van der Waals surface area contributed by atoms with Gasteiger partial charge >= 0.3 is 6.03 Å². The van der Waals surface area contributed by atoms with Crippen molar-refractivity contribution in [3.63, 3.8) is 0 Å². The number of hydrogen-bond donors (Lipinski definition) is 2. The SMILES string of the molecule is COc1cc2c(Oc3ccc(NC(=O)NC(=O)Cc4cccc(C)c4)cc3F)ccnc2cc1OCCCN1CCN(C)CC1. The van der Waals surface area contributed by atoms with Crippen LogP contribution in [0.1, 0.15) is 17.5 Å². The molecule has 5 rings (SSSR count). The first-order valence-corrected chi connectivity index (χ1v) is 14.9. The van der Waals surface area contributed by atoms with E-state index in [1.54, 1.807) is 31.5 Å². The molecule has 1 aromatic heterocycles. The molecule has 11 heteroatoms. The third kappa shape index (κ3) is 8.68. The minimum atomic E-state index is -0.759. The number of pyridine rings is 1. The first kappa shape index (κ1) is 31.7. The summed E-state index contributed by atoms with van der Waals surface area (Å²) >= 11 is 0. The normalized spacial score (nSPS) is 13.8. The molecule has 10 nitrogen and oxygen atoms in total. The summed E-state index contributed by atoms with van der Waals surface area (Å²) in [5, 5.41) is 5.36. The average molecular weight is 616 g/mol. The van der Waals surface area contributed by atoms with Crippen LogP contribution in [0.5, 0.6) is 23.0 Å². The molecule has 4 aromatic rings. The summed E-state index contributed by atoms with van der Waals surface area (Å²) in [5.74, 6) is 0.244. The molecule has 45 heavy (non-hydrogen) atoms. The van der Waals surface area contributed by atoms with Crippen molar-refractivity contribution in [2.45, 2.75) is 19.8 Å². The number of aromatic nitrogens is 1. The molecule has 0 atom stereocenters. The Bertz CT molecular complexity index is 1660. The second-order valence-electron chi connectivity index (χ2n) is 11.1. The Kier molecular flexibility index (Phi) is 10.4. The van der Waals surface area contributed by atoms with E-state index in [4.69, 9.17) is 14.2 Å². The molecular weight excluding hydrogens is 577 g/mol. The molecule has 0 aliphatic carbocycles. The van der Waals surface area contributed by atoms with Crippen LogP contribution in [0.2, 0.25) is 0 Å². The lowest BCUT2D eigenvalue weighted by Crippen LogP contribution is -2.44. The molecule has 0 radical (unpaired) electrons. The number of likely N-dealkylation sites (N-methyl/N-ethyl adjacent to an activating group) is 1. The summed E-state index contributed by atoms with van der Waals surface area (Å²) in [6.07, 6.45) is 2.51. The zero-order chi connectivity index (χ0) is 31.8. The largest absolute Gasteiger partial charge is 0.493 e. The molecule has 2 heterocycles. The maximum atomic E-state index is 15.1. The lowest BCUT2D eigenvalue weighted by atomic mass is 10.1. The molecule has 236 valence electrons. The number of carbonyl (C=O) groups excluding carboxylic acids is 2. The number of imide groups is 1. The van der Waals surface area contributed by atoms with E-state index in [1.807, 2.05) is 31.2 Å². The van der Waals surface area contributed by atoms with Crippen molar-refractivity contribution in [1.29, 1.82) is 0 Å². The van der Waals surface area contributed by atoms with Crippen molar-refractivity contribution in [3.05, 3.63) is 83.8 Å². The number of urea groups is 1. The number of nitrogens with zero attached hydrogens (tertiary/aromatic N) is 3. The van der Waals surface area contributed by atoms with E-state index < -0.39 is 17.8 Å². The molecule has 3 aromatic carbocycles. The lowest BCUT2D eigenvalue weighted by Gasteiger charge is -2.32. The van der Waals surface area contributed by atoms with Gasteiger partial charge in [0.2, 0.25) is 5.91 Å². The van der Waals surface area contributed by atoms with Gasteiger partial charge in [-0.15, -0.1) is 0 Å². The van der Waals surface area contributed by atoms with Gasteiger partial charge in [-0.05, 0) is 50.2 Å². The topological polar surface area (TPSA) is 105 Å². The van der Waals surface area contributed by atoms with Crippen LogP contribution >= 0.6 is 0 Å². The Labute approximate surface area is 262 Å². The Morgan fingerprint density at radius 2 is 1.78 bits per heavy atom. The van der Waals surface area contributed by atoms with Gasteiger partial charge in [0.15, 0.2) is 23.1 Å². The van der Waals surface area contributed by atoms with Gasteiger partial charge in [0.1, 0.15) is 5.75 Å². The van der Waals surface area contributed by atoms with Crippen LogP contribution in [0, 0.1) is 12.7 Å². The smallest absolute Gasteiger partial charge is 0.325 e. The Morgan fingerprint density at radius 3 is 2.53 bits per heavy atom. The number of nitrogens with one attached hydrogen (secondary N) is 2. The van der Waals surface area contributed by atoms with Gasteiger partial charge in [-0.1, -0.05) is 29.8 Å². The number of methoxy groups -OCH3 is 1. The maximum absolute atomic E-state index is 15.1. The fourth-order valence-corrected chi connectivity index (χ4v) is 5.15. The number of amides is 3. The predicted octanol–water partition coefficient (Wildman–Crippen LogP) is 5.39. The molecule has 1 fully saturated rings. The molecule has 2 N–H and O–H groups in total. The summed E-state index contributed by atoms with van der Waals surface area (Å²) < 4.78 is 32.7. The van der Waals surface area contributed by atoms with Gasteiger partial charge in [0.25, 0.3) is 0 Å². The molecule has 0 bridgehead atoms. The second kappa shape index (κ2) is 14.8. The number of ether oxygens (including phenoxy) is 3. The standard InChI is InChI=1S/C34H38FN5O5/c1-23-6-4-7-24(18-23)19-33(41)38-34(42)37-25-8-9-30(27(35)20-25)45-29-10-11-36-28-22-32(31(43-3)21-26(28)29)44-17-5-12-40-15-13-39(2)14-16-40/h4,6-11,18,20-22H,5,12-17,19H2,1-3H3,(H2,37,38,41,42). The second-order valence-corrected chi connectivity index (χ2v) is 11.1. The Balaban J connectivity index is 1.19. The number of rotatable bonds is 11. The summed E-state index contributed by atoms with van der Waals surface area (Å²) in [6, 6.07) is 15.9. The summed E-state index contributed by atoms with van der Waals surface area (Å²) in [7, 11) is 3.71. The van der Waals surface area contributed by atoms with Crippen molar-refractivity contribution >= 4 is 28.5 Å². The first-order chi connectivity index (χ1) is 21.8. The lowest BCUT2D eigenvalue weighted by molar-refractivity contribution is -0.119. The highest BCUT2D eigenvalue weighted by Crippen LogP contribution is 2.38. The molecule has 0 unspecified atom stereocenters. The van der Waals surface area contributed by atoms with Crippen LogP contribution in [-0.4, -0.2) is 80.2 Å². The van der Waals surface area contributed by atoms with Gasteiger partial charge in [0.05, 0.1) is 25.7 Å². The van der Waals surface area contributed by atoms with E-state index in [0.717, 1.165) is 56.3 Å². The zero-order valence-corrected chi connectivity index (χ0v) is 25.8. The van der Waals surface area contributed by atoms with Gasteiger partial charge < -0.3 is 29.3 Å². The fraction of sp³-hybridized carbons (Fsp3) is 0.324. The molecular formula is C34H38FN5O5. The van der Waals surface area contributed by atoms with Crippen molar-refractivity contribution in [2.75, 3.05) is 58.8 Å². The van der Waals surface area contributed by atoms with Gasteiger partial charge in [-0.3, -0.25) is 15.1 Å². The van der Waals surface area contributed by atoms with Crippen LogP contribution in [0.25, 0.3) is 10.9 Å². The molecule has 0 saturated carbocycles. The van der Waals surface area contributed by atoms with Crippen molar-refractivity contribution in [1.82, 2.24) is 20.1 Å². The van der Waals surface area contributed by atoms with Crippen molar-refractivity contribution in [3.8, 4) is 23.0 Å². The molecule has 1 saturated heterocycles. The van der Waals surface area contributed by atoms with E-state index in [-0.39, 0.29) is 17.9 Å². The van der Waals surface area contributed by atoms with E-state index in [1.165, 1.54) is 12.1 Å². The fourth-order valence-electron chi connectivity index (χ4n) is 5.15. The Hall–Kier alpha value is -4.74. The van der Waals surface area contributed by atoms with Crippen LogP contribution in [-0.2, 0) is 11.2 Å². The first-order valence-electron chi connectivity index (χ1n) is 14.9. The van der Waals surface area contributed by atoms with Crippen molar-refractivity contribution in [2.24, 2.45) is 0 Å². The summed E-state index contributed by atoms with van der Waals surface area (Å²) in [6.45, 7) is 7.71. The number of anilines is 1. The molecule has 0 spiro atoms. The van der Waals surface area contributed by atoms with Gasteiger partial charge in [-0.25, -0.2) is 9.18 Å². The average Bonchev–Trinajstić information content (AvgIpc) is 3.01. The number of halogens is 1. The quantitative estimate of drug-likeness (QED) is 0.217. The summed E-state index contributed by atoms with van der Waals surface area (Å²) in [4.78, 5) is 33.8. The third-order valence-electron chi connectivity index (χ3n) is 7.57. The third-order valence-corrected chi connectivity index (χ3v) is 7.57. The molecule has 1 aliphatic heterocycles. The van der Waals surface area contributed by atoms with E-state index >= 15 is 4.39 Å².